The quantitative estimate of drug-likeness (QED) is 0.799. The third-order valence-corrected chi connectivity index (χ3v) is 5.86. The zero-order valence-electron chi connectivity index (χ0n) is 16.1. The zero-order valence-corrected chi connectivity index (χ0v) is 16.1. The van der Waals surface area contributed by atoms with Gasteiger partial charge in [0.25, 0.3) is 0 Å². The molecule has 0 aromatic heterocycles. The van der Waals surface area contributed by atoms with E-state index >= 15 is 0 Å². The molecule has 2 fully saturated rings. The summed E-state index contributed by atoms with van der Waals surface area (Å²) in [6, 6.07) is 3.77. The van der Waals surface area contributed by atoms with E-state index in [-0.39, 0.29) is 23.0 Å². The third-order valence-electron chi connectivity index (χ3n) is 5.86. The minimum atomic E-state index is -4.59. The Labute approximate surface area is 157 Å². The number of benzene rings is 1. The van der Waals surface area contributed by atoms with Gasteiger partial charge in [-0.15, -0.1) is 0 Å². The van der Waals surface area contributed by atoms with Gasteiger partial charge in [-0.25, -0.2) is 0 Å². The van der Waals surface area contributed by atoms with E-state index in [4.69, 9.17) is 9.31 Å². The highest BCUT2D eigenvalue weighted by molar-refractivity contribution is 6.62. The molecule has 3 rings (SSSR count). The summed E-state index contributed by atoms with van der Waals surface area (Å²) < 4.78 is 52.6. The van der Waals surface area contributed by atoms with Crippen molar-refractivity contribution in [1.29, 1.82) is 0 Å². The summed E-state index contributed by atoms with van der Waals surface area (Å²) in [5.41, 5.74) is -2.28. The molecule has 1 aliphatic heterocycles. The van der Waals surface area contributed by atoms with Crippen molar-refractivity contribution in [3.8, 4) is 0 Å². The van der Waals surface area contributed by atoms with Gasteiger partial charge >= 0.3 is 13.3 Å². The number of rotatable bonds is 3. The number of alkyl halides is 3. The van der Waals surface area contributed by atoms with Gasteiger partial charge in [0.15, 0.2) is 0 Å². The number of halogens is 3. The summed E-state index contributed by atoms with van der Waals surface area (Å²) in [5.74, 6) is -0.342. The molecule has 0 unspecified atom stereocenters. The number of hydrogen-bond donors (Lipinski definition) is 1. The van der Waals surface area contributed by atoms with Crippen LogP contribution in [-0.2, 0) is 20.3 Å². The van der Waals surface area contributed by atoms with Crippen LogP contribution in [0.1, 0.15) is 58.9 Å². The standard InChI is InChI=1S/C19H25BF3NO3/c1-17(2)18(3,4)27-20(26-17)15-10-9-13(11-14(15)19(21,22)23)24-16(25)12-7-5-6-8-12/h9-12H,5-8H2,1-4H3,(H,24,25). The molecular formula is C19H25BF3NO3. The highest BCUT2D eigenvalue weighted by Gasteiger charge is 2.53. The van der Waals surface area contributed by atoms with Crippen molar-refractivity contribution in [1.82, 2.24) is 0 Å². The fraction of sp³-hybridized carbons (Fsp3) is 0.632. The highest BCUT2D eigenvalue weighted by Crippen LogP contribution is 2.38. The fourth-order valence-electron chi connectivity index (χ4n) is 3.49. The Morgan fingerprint density at radius 2 is 1.67 bits per heavy atom. The van der Waals surface area contributed by atoms with Gasteiger partial charge in [-0.2, -0.15) is 13.2 Å². The number of nitrogens with one attached hydrogen (secondary N) is 1. The predicted molar refractivity (Wildman–Crippen MR) is 97.7 cm³/mol. The minimum Gasteiger partial charge on any atom is -0.399 e. The van der Waals surface area contributed by atoms with Gasteiger partial charge < -0.3 is 14.6 Å². The van der Waals surface area contributed by atoms with Crippen LogP contribution in [0.15, 0.2) is 18.2 Å². The van der Waals surface area contributed by atoms with Crippen molar-refractivity contribution in [3.63, 3.8) is 0 Å². The van der Waals surface area contributed by atoms with E-state index in [1.165, 1.54) is 12.1 Å². The van der Waals surface area contributed by atoms with Crippen LogP contribution < -0.4 is 10.8 Å². The van der Waals surface area contributed by atoms with Crippen LogP contribution in [0.25, 0.3) is 0 Å². The summed E-state index contributed by atoms with van der Waals surface area (Å²) >= 11 is 0. The predicted octanol–water partition coefficient (Wildman–Crippen LogP) is 4.13. The second-order valence-electron chi connectivity index (χ2n) is 8.36. The molecule has 1 aliphatic carbocycles. The van der Waals surface area contributed by atoms with E-state index in [0.717, 1.165) is 31.7 Å². The Hall–Kier alpha value is -1.54. The highest BCUT2D eigenvalue weighted by atomic mass is 19.4. The average molecular weight is 383 g/mol. The summed E-state index contributed by atoms with van der Waals surface area (Å²) in [4.78, 5) is 12.2. The average Bonchev–Trinajstić information content (AvgIpc) is 3.13. The third kappa shape index (κ3) is 4.01. The van der Waals surface area contributed by atoms with Crippen molar-refractivity contribution >= 4 is 24.2 Å². The number of carbonyl (C=O) groups is 1. The van der Waals surface area contributed by atoms with Gasteiger partial charge in [-0.1, -0.05) is 18.9 Å². The van der Waals surface area contributed by atoms with Crippen LogP contribution in [0, 0.1) is 5.92 Å². The lowest BCUT2D eigenvalue weighted by atomic mass is 9.75. The molecule has 1 aromatic carbocycles. The Kier molecular flexibility index (Phi) is 5.10. The first-order valence-electron chi connectivity index (χ1n) is 9.28. The number of anilines is 1. The maximum absolute atomic E-state index is 13.7. The first-order chi connectivity index (χ1) is 12.4. The lowest BCUT2D eigenvalue weighted by molar-refractivity contribution is -0.136. The summed E-state index contributed by atoms with van der Waals surface area (Å²) in [7, 11) is -1.12. The van der Waals surface area contributed by atoms with E-state index in [1.54, 1.807) is 27.7 Å². The first kappa shape index (κ1) is 20.2. The van der Waals surface area contributed by atoms with E-state index < -0.39 is 30.1 Å². The minimum absolute atomic E-state index is 0.0833. The van der Waals surface area contributed by atoms with E-state index in [0.29, 0.717) is 0 Å². The largest absolute Gasteiger partial charge is 0.495 e. The molecule has 27 heavy (non-hydrogen) atoms. The van der Waals surface area contributed by atoms with Crippen LogP contribution in [0.5, 0.6) is 0 Å². The zero-order chi connectivity index (χ0) is 20.0. The topological polar surface area (TPSA) is 47.6 Å². The van der Waals surface area contributed by atoms with Gasteiger partial charge in [0, 0.05) is 11.6 Å². The van der Waals surface area contributed by atoms with Crippen molar-refractivity contribution in [2.75, 3.05) is 5.32 Å². The van der Waals surface area contributed by atoms with Crippen LogP contribution in [0.3, 0.4) is 0 Å². The molecule has 148 valence electrons. The van der Waals surface area contributed by atoms with Crippen LogP contribution in [0.4, 0.5) is 18.9 Å². The van der Waals surface area contributed by atoms with Gasteiger partial charge in [-0.05, 0) is 58.1 Å². The second kappa shape index (κ2) is 6.81. The molecule has 1 saturated heterocycles. The van der Waals surface area contributed by atoms with Crippen molar-refractivity contribution in [2.45, 2.75) is 70.8 Å². The van der Waals surface area contributed by atoms with Gasteiger partial charge in [0.2, 0.25) is 5.91 Å². The van der Waals surface area contributed by atoms with Crippen LogP contribution in [0.2, 0.25) is 0 Å². The Morgan fingerprint density at radius 1 is 1.11 bits per heavy atom. The van der Waals surface area contributed by atoms with Gasteiger partial charge in [-0.3, -0.25) is 4.79 Å². The lowest BCUT2D eigenvalue weighted by Crippen LogP contribution is -2.41. The number of amides is 1. The summed E-state index contributed by atoms with van der Waals surface area (Å²) in [6.45, 7) is 7.15. The molecule has 1 amide bonds. The molecule has 0 radical (unpaired) electrons. The molecule has 2 aliphatic rings. The van der Waals surface area contributed by atoms with Crippen molar-refractivity contribution < 1.29 is 27.3 Å². The van der Waals surface area contributed by atoms with Crippen molar-refractivity contribution in [2.24, 2.45) is 5.92 Å². The molecule has 0 atom stereocenters. The molecule has 0 bridgehead atoms. The smallest absolute Gasteiger partial charge is 0.399 e. The first-order valence-corrected chi connectivity index (χ1v) is 9.28. The molecular weight excluding hydrogens is 358 g/mol. The van der Waals surface area contributed by atoms with Gasteiger partial charge in [0.1, 0.15) is 0 Å². The summed E-state index contributed by atoms with van der Waals surface area (Å²) in [5, 5.41) is 2.63. The maximum Gasteiger partial charge on any atom is 0.495 e. The number of carbonyl (C=O) groups excluding carboxylic acids is 1. The fourth-order valence-corrected chi connectivity index (χ4v) is 3.49. The van der Waals surface area contributed by atoms with E-state index in [1.807, 2.05) is 0 Å². The molecule has 4 nitrogen and oxygen atoms in total. The Bertz CT molecular complexity index is 711. The SMILES string of the molecule is CC1(C)OB(c2ccc(NC(=O)C3CCCC3)cc2C(F)(F)F)OC1(C)C. The van der Waals surface area contributed by atoms with Gasteiger partial charge in [0.05, 0.1) is 16.8 Å². The number of hydrogen-bond acceptors (Lipinski definition) is 3. The molecule has 0 spiro atoms. The molecule has 8 heteroatoms. The van der Waals surface area contributed by atoms with Crippen LogP contribution in [-0.4, -0.2) is 24.2 Å². The van der Waals surface area contributed by atoms with E-state index in [2.05, 4.69) is 5.32 Å². The normalized spacial score (nSPS) is 22.3. The Balaban J connectivity index is 1.88. The Morgan fingerprint density at radius 3 is 2.19 bits per heavy atom. The lowest BCUT2D eigenvalue weighted by Gasteiger charge is -2.32. The monoisotopic (exact) mass is 383 g/mol. The van der Waals surface area contributed by atoms with E-state index in [9.17, 15) is 18.0 Å². The molecule has 1 aromatic rings. The summed E-state index contributed by atoms with van der Waals surface area (Å²) in [6.07, 6.45) is -1.07. The maximum atomic E-state index is 13.7. The molecule has 1 N–H and O–H groups in total. The molecule has 1 saturated carbocycles. The molecule has 1 heterocycles. The van der Waals surface area contributed by atoms with Crippen LogP contribution >= 0.6 is 0 Å². The van der Waals surface area contributed by atoms with Crippen molar-refractivity contribution in [3.05, 3.63) is 23.8 Å². The second-order valence-corrected chi connectivity index (χ2v) is 8.36.